The second-order valence-electron chi connectivity index (χ2n) is 4.15. The minimum absolute atomic E-state index is 0.0598. The highest BCUT2D eigenvalue weighted by Crippen LogP contribution is 2.38. The van der Waals surface area contributed by atoms with E-state index in [4.69, 9.17) is 5.11 Å². The Kier molecular flexibility index (Phi) is 2.91. The van der Waals surface area contributed by atoms with E-state index in [0.717, 1.165) is 19.0 Å². The number of aromatic amines is 1. The molecule has 88 valence electrons. The van der Waals surface area contributed by atoms with Crippen LogP contribution in [0.2, 0.25) is 0 Å². The van der Waals surface area contributed by atoms with E-state index < -0.39 is 17.1 Å². The predicted octanol–water partition coefficient (Wildman–Crippen LogP) is 0.00920. The molecule has 1 aliphatic rings. The number of nitrogens with one attached hydrogen (secondary N) is 1. The summed E-state index contributed by atoms with van der Waals surface area (Å²) < 4.78 is 14.2. The third-order valence-electron chi connectivity index (χ3n) is 3.07. The summed E-state index contributed by atoms with van der Waals surface area (Å²) in [6.45, 7) is 0.131. The van der Waals surface area contributed by atoms with Gasteiger partial charge in [0, 0.05) is 12.6 Å². The topological polar surface area (TPSA) is 75.1 Å². The SMILES string of the molecule is O=c1[nH]c(=O)n(C2CC(CCO)C2)cc1F. The number of H-pyrrole nitrogens is 1. The van der Waals surface area contributed by atoms with Crippen LogP contribution < -0.4 is 11.2 Å². The van der Waals surface area contributed by atoms with Crippen molar-refractivity contribution in [3.8, 4) is 0 Å². The third-order valence-corrected chi connectivity index (χ3v) is 3.07. The van der Waals surface area contributed by atoms with Gasteiger partial charge in [0.2, 0.25) is 5.82 Å². The first-order chi connectivity index (χ1) is 7.61. The maximum Gasteiger partial charge on any atom is 0.328 e. The summed E-state index contributed by atoms with van der Waals surface area (Å²) in [6.07, 6.45) is 3.15. The van der Waals surface area contributed by atoms with Crippen molar-refractivity contribution in [1.29, 1.82) is 0 Å². The number of aliphatic hydroxyl groups is 1. The van der Waals surface area contributed by atoms with Gasteiger partial charge in [-0.1, -0.05) is 0 Å². The zero-order valence-electron chi connectivity index (χ0n) is 8.65. The zero-order valence-corrected chi connectivity index (χ0v) is 8.65. The number of halogens is 1. The van der Waals surface area contributed by atoms with E-state index in [1.54, 1.807) is 0 Å². The number of hydrogen-bond acceptors (Lipinski definition) is 3. The van der Waals surface area contributed by atoms with Crippen molar-refractivity contribution in [3.63, 3.8) is 0 Å². The molecule has 1 aliphatic carbocycles. The summed E-state index contributed by atoms with van der Waals surface area (Å²) in [4.78, 5) is 24.1. The van der Waals surface area contributed by atoms with Crippen molar-refractivity contribution in [2.24, 2.45) is 5.92 Å². The van der Waals surface area contributed by atoms with E-state index in [1.807, 2.05) is 4.98 Å². The molecule has 0 unspecified atom stereocenters. The zero-order chi connectivity index (χ0) is 11.7. The molecule has 0 amide bonds. The lowest BCUT2D eigenvalue weighted by atomic mass is 9.78. The van der Waals surface area contributed by atoms with Crippen LogP contribution in [0.5, 0.6) is 0 Å². The average molecular weight is 228 g/mol. The van der Waals surface area contributed by atoms with Crippen LogP contribution in [0.4, 0.5) is 4.39 Å². The second-order valence-corrected chi connectivity index (χ2v) is 4.15. The minimum Gasteiger partial charge on any atom is -0.396 e. The van der Waals surface area contributed by atoms with E-state index in [0.29, 0.717) is 12.3 Å². The van der Waals surface area contributed by atoms with E-state index in [1.165, 1.54) is 4.57 Å². The van der Waals surface area contributed by atoms with Crippen molar-refractivity contribution < 1.29 is 9.50 Å². The summed E-state index contributed by atoms with van der Waals surface area (Å²) in [5.41, 5.74) is -1.55. The highest BCUT2D eigenvalue weighted by atomic mass is 19.1. The number of rotatable bonds is 3. The Balaban J connectivity index is 2.15. The predicted molar refractivity (Wildman–Crippen MR) is 54.7 cm³/mol. The largest absolute Gasteiger partial charge is 0.396 e. The molecule has 0 atom stereocenters. The molecule has 5 nitrogen and oxygen atoms in total. The van der Waals surface area contributed by atoms with Crippen molar-refractivity contribution in [1.82, 2.24) is 9.55 Å². The van der Waals surface area contributed by atoms with Gasteiger partial charge >= 0.3 is 5.69 Å². The molecule has 0 radical (unpaired) electrons. The Morgan fingerprint density at radius 1 is 1.50 bits per heavy atom. The van der Waals surface area contributed by atoms with Gasteiger partial charge in [0.25, 0.3) is 5.56 Å². The summed E-state index contributed by atoms with van der Waals surface area (Å²) in [6, 6.07) is -0.0598. The molecule has 0 spiro atoms. The Labute approximate surface area is 90.5 Å². The quantitative estimate of drug-likeness (QED) is 0.765. The summed E-state index contributed by atoms with van der Waals surface area (Å²) in [5, 5.41) is 8.72. The van der Waals surface area contributed by atoms with Gasteiger partial charge in [-0.05, 0) is 25.2 Å². The lowest BCUT2D eigenvalue weighted by Gasteiger charge is -2.35. The molecule has 0 bridgehead atoms. The molecule has 1 saturated carbocycles. The summed E-state index contributed by atoms with van der Waals surface area (Å²) >= 11 is 0. The first kappa shape index (κ1) is 11.1. The first-order valence-electron chi connectivity index (χ1n) is 5.23. The van der Waals surface area contributed by atoms with Crippen LogP contribution in [-0.4, -0.2) is 21.3 Å². The number of aromatic nitrogens is 2. The fourth-order valence-electron chi connectivity index (χ4n) is 2.08. The van der Waals surface area contributed by atoms with Gasteiger partial charge in [-0.2, -0.15) is 4.39 Å². The van der Waals surface area contributed by atoms with Crippen LogP contribution in [0.15, 0.2) is 15.8 Å². The molecule has 16 heavy (non-hydrogen) atoms. The standard InChI is InChI=1S/C10H13FN2O3/c11-8-5-13(10(16)12-9(8)15)7-3-6(4-7)1-2-14/h5-7,14H,1-4H2,(H,12,15,16). The number of aliphatic hydroxyl groups excluding tert-OH is 1. The van der Waals surface area contributed by atoms with Crippen LogP contribution in [-0.2, 0) is 0 Å². The highest BCUT2D eigenvalue weighted by Gasteiger charge is 2.30. The van der Waals surface area contributed by atoms with Gasteiger partial charge < -0.3 is 5.11 Å². The Morgan fingerprint density at radius 2 is 2.19 bits per heavy atom. The lowest BCUT2D eigenvalue weighted by Crippen LogP contribution is -2.38. The van der Waals surface area contributed by atoms with E-state index in [-0.39, 0.29) is 12.6 Å². The fourth-order valence-corrected chi connectivity index (χ4v) is 2.08. The molecular weight excluding hydrogens is 215 g/mol. The van der Waals surface area contributed by atoms with Crippen molar-refractivity contribution in [3.05, 3.63) is 32.9 Å². The van der Waals surface area contributed by atoms with E-state index in [9.17, 15) is 14.0 Å². The molecule has 2 N–H and O–H groups in total. The first-order valence-corrected chi connectivity index (χ1v) is 5.23. The monoisotopic (exact) mass is 228 g/mol. The van der Waals surface area contributed by atoms with E-state index in [2.05, 4.69) is 0 Å². The number of nitrogens with zero attached hydrogens (tertiary/aromatic N) is 1. The maximum absolute atomic E-state index is 13.0. The van der Waals surface area contributed by atoms with Crippen LogP contribution in [0.3, 0.4) is 0 Å². The molecule has 1 fully saturated rings. The van der Waals surface area contributed by atoms with Crippen molar-refractivity contribution in [2.45, 2.75) is 25.3 Å². The van der Waals surface area contributed by atoms with Gasteiger partial charge in [0.15, 0.2) is 0 Å². The van der Waals surface area contributed by atoms with Crippen LogP contribution >= 0.6 is 0 Å². The van der Waals surface area contributed by atoms with Crippen molar-refractivity contribution >= 4 is 0 Å². The fraction of sp³-hybridized carbons (Fsp3) is 0.600. The maximum atomic E-state index is 13.0. The lowest BCUT2D eigenvalue weighted by molar-refractivity contribution is 0.146. The van der Waals surface area contributed by atoms with Gasteiger partial charge in [-0.25, -0.2) is 4.79 Å². The van der Waals surface area contributed by atoms with Gasteiger partial charge in [0.05, 0.1) is 6.20 Å². The second kappa shape index (κ2) is 4.21. The van der Waals surface area contributed by atoms with Gasteiger partial charge in [0.1, 0.15) is 0 Å². The van der Waals surface area contributed by atoms with Crippen LogP contribution in [0.25, 0.3) is 0 Å². The molecule has 0 saturated heterocycles. The molecule has 2 rings (SSSR count). The van der Waals surface area contributed by atoms with Crippen molar-refractivity contribution in [2.75, 3.05) is 6.61 Å². The van der Waals surface area contributed by atoms with Gasteiger partial charge in [-0.3, -0.25) is 14.3 Å². The van der Waals surface area contributed by atoms with Crippen LogP contribution in [0, 0.1) is 11.7 Å². The summed E-state index contributed by atoms with van der Waals surface area (Å²) in [5.74, 6) is -0.554. The number of hydrogen-bond donors (Lipinski definition) is 2. The molecular formula is C10H13FN2O3. The minimum atomic E-state index is -0.979. The molecule has 1 aromatic heterocycles. The smallest absolute Gasteiger partial charge is 0.328 e. The summed E-state index contributed by atoms with van der Waals surface area (Å²) in [7, 11) is 0. The van der Waals surface area contributed by atoms with Gasteiger partial charge in [-0.15, -0.1) is 0 Å². The molecule has 1 aromatic rings. The Morgan fingerprint density at radius 3 is 2.81 bits per heavy atom. The molecule has 6 heteroatoms. The van der Waals surface area contributed by atoms with Crippen LogP contribution in [0.1, 0.15) is 25.3 Å². The highest BCUT2D eigenvalue weighted by molar-refractivity contribution is 4.93. The molecule has 1 heterocycles. The Bertz CT molecular complexity index is 488. The third kappa shape index (κ3) is 1.92. The average Bonchev–Trinajstić information content (AvgIpc) is 2.17. The normalized spacial score (nSPS) is 24.1. The van der Waals surface area contributed by atoms with E-state index >= 15 is 0 Å². The Hall–Kier alpha value is -1.43. The molecule has 0 aromatic carbocycles. The molecule has 0 aliphatic heterocycles.